The number of nitrogens with one attached hydrogen (secondary N) is 3. The molecule has 24 heteroatoms. The highest BCUT2D eigenvalue weighted by Gasteiger charge is 2.40. The van der Waals surface area contributed by atoms with Gasteiger partial charge in [0, 0.05) is 96.2 Å². The average Bonchev–Trinajstić information content (AvgIpc) is 3.77. The lowest BCUT2D eigenvalue weighted by Crippen LogP contribution is -2.36. The van der Waals surface area contributed by atoms with Crippen LogP contribution in [0, 0.1) is 0 Å². The van der Waals surface area contributed by atoms with E-state index in [1.54, 1.807) is 21.3 Å². The molecule has 0 spiro atoms. The topological polar surface area (TPSA) is 226 Å². The molecule has 4 aromatic carbocycles. The first-order valence-corrected chi connectivity index (χ1v) is 20.5. The van der Waals surface area contributed by atoms with Gasteiger partial charge in [0.25, 0.3) is 11.1 Å². The first kappa shape index (κ1) is 53.3. The van der Waals surface area contributed by atoms with Gasteiger partial charge < -0.3 is 40.4 Å². The Kier molecular flexibility index (Phi) is 16.9. The highest BCUT2D eigenvalue weighted by molar-refractivity contribution is 6.27. The van der Waals surface area contributed by atoms with Crippen LogP contribution in [0.3, 0.4) is 0 Å². The largest absolute Gasteiger partial charge is 0.490 e. The molecule has 2 aromatic heterocycles. The predicted octanol–water partition coefficient (Wildman–Crippen LogP) is 6.11. The summed E-state index contributed by atoms with van der Waals surface area (Å²) < 4.78 is 98.7. The van der Waals surface area contributed by atoms with Crippen molar-refractivity contribution in [2.24, 2.45) is 0 Å². The molecular formula is C46H38F9N5O10. The molecular weight excluding hydrogens is 954 g/mol. The summed E-state index contributed by atoms with van der Waals surface area (Å²) in [6.45, 7) is 4.97. The van der Waals surface area contributed by atoms with E-state index in [1.807, 2.05) is 84.9 Å². The van der Waals surface area contributed by atoms with Gasteiger partial charge in [0.2, 0.25) is 0 Å². The summed E-state index contributed by atoms with van der Waals surface area (Å²) in [6.07, 6.45) is -15.3. The van der Waals surface area contributed by atoms with Gasteiger partial charge in [-0.25, -0.2) is 14.4 Å². The molecule has 8 rings (SSSR count). The molecule has 2 aliphatic rings. The van der Waals surface area contributed by atoms with Crippen molar-refractivity contribution in [1.29, 1.82) is 0 Å². The lowest BCUT2D eigenvalue weighted by atomic mass is 10.0. The Morgan fingerprint density at radius 1 is 0.400 bits per heavy atom. The Labute approximate surface area is 387 Å². The number of carboxylic acids is 3. The summed E-state index contributed by atoms with van der Waals surface area (Å²) in [4.78, 5) is 80.5. The fourth-order valence-electron chi connectivity index (χ4n) is 7.40. The number of alkyl halides is 9. The number of fused-ring (bicyclic) bond motifs is 10. The maximum absolute atomic E-state index is 13.6. The van der Waals surface area contributed by atoms with Gasteiger partial charge in [0.1, 0.15) is 0 Å². The SMILES string of the molecule is O=C(O)C(F)(F)F.O=C(O)C(F)(F)F.O=C(O)C(F)(F)F.O=C1c2ccccc2-c2c1c1ccccc1c(=O)n2CCNCCNCCNCCn1c2c(c3ccccc3c1=O)C(=O)c1ccccc1-2. The van der Waals surface area contributed by atoms with Crippen LogP contribution in [0.15, 0.2) is 107 Å². The number of hydrogen-bond acceptors (Lipinski definition) is 10. The Bertz CT molecular complexity index is 2870. The van der Waals surface area contributed by atoms with E-state index < -0.39 is 36.4 Å². The van der Waals surface area contributed by atoms with E-state index >= 15 is 0 Å². The van der Waals surface area contributed by atoms with Crippen molar-refractivity contribution in [2.75, 3.05) is 39.3 Å². The van der Waals surface area contributed by atoms with Crippen LogP contribution in [-0.4, -0.2) is 112 Å². The molecule has 6 aromatic rings. The minimum atomic E-state index is -5.08. The Balaban J connectivity index is 0.000000364. The van der Waals surface area contributed by atoms with Crippen molar-refractivity contribution < 1.29 is 78.8 Å². The van der Waals surface area contributed by atoms with Gasteiger partial charge in [-0.05, 0) is 12.1 Å². The van der Waals surface area contributed by atoms with Crippen molar-refractivity contribution in [3.8, 4) is 22.5 Å². The molecule has 0 fully saturated rings. The average molecular weight is 992 g/mol. The molecule has 0 radical (unpaired) electrons. The van der Waals surface area contributed by atoms with E-state index in [9.17, 15) is 58.7 Å². The summed E-state index contributed by atoms with van der Waals surface area (Å²) in [5, 5.41) is 34.2. The normalized spacial score (nSPS) is 12.4. The lowest BCUT2D eigenvalue weighted by Gasteiger charge is -2.16. The number of benzene rings is 4. The monoisotopic (exact) mass is 991 g/mol. The van der Waals surface area contributed by atoms with Crippen LogP contribution < -0.4 is 27.1 Å². The third kappa shape index (κ3) is 12.1. The van der Waals surface area contributed by atoms with Crippen molar-refractivity contribution in [3.05, 3.63) is 140 Å². The number of aromatic nitrogens is 2. The molecule has 0 atom stereocenters. The maximum atomic E-state index is 13.6. The number of aliphatic carboxylic acids is 3. The van der Waals surface area contributed by atoms with Gasteiger partial charge in [0.05, 0.1) is 22.5 Å². The molecule has 0 bridgehead atoms. The fraction of sp³-hybridized carbons (Fsp3) is 0.239. The number of nitrogens with zero attached hydrogens (tertiary/aromatic N) is 2. The highest BCUT2D eigenvalue weighted by Crippen LogP contribution is 2.40. The smallest absolute Gasteiger partial charge is 0.475 e. The van der Waals surface area contributed by atoms with Crippen LogP contribution in [-0.2, 0) is 27.5 Å². The molecule has 370 valence electrons. The number of carboxylic acid groups (broad SMARTS) is 3. The summed E-state index contributed by atoms with van der Waals surface area (Å²) in [7, 11) is 0. The summed E-state index contributed by atoms with van der Waals surface area (Å²) in [6, 6.07) is 29.7. The van der Waals surface area contributed by atoms with Crippen LogP contribution in [0.2, 0.25) is 0 Å². The first-order valence-electron chi connectivity index (χ1n) is 20.5. The molecule has 6 N–H and O–H groups in total. The second-order valence-corrected chi connectivity index (χ2v) is 14.9. The fourth-order valence-corrected chi connectivity index (χ4v) is 7.40. The number of carbonyl (C=O) groups is 5. The molecule has 2 aliphatic carbocycles. The van der Waals surface area contributed by atoms with E-state index in [0.29, 0.717) is 94.5 Å². The van der Waals surface area contributed by atoms with Gasteiger partial charge in [0.15, 0.2) is 11.6 Å². The first-order chi connectivity index (χ1) is 32.9. The minimum Gasteiger partial charge on any atom is -0.475 e. The number of pyridine rings is 2. The predicted molar refractivity (Wildman–Crippen MR) is 234 cm³/mol. The number of hydrogen-bond donors (Lipinski definition) is 6. The van der Waals surface area contributed by atoms with Crippen molar-refractivity contribution in [3.63, 3.8) is 0 Å². The van der Waals surface area contributed by atoms with E-state index in [-0.39, 0.29) is 22.7 Å². The quantitative estimate of drug-likeness (QED) is 0.0601. The van der Waals surface area contributed by atoms with E-state index in [2.05, 4.69) is 16.0 Å². The van der Waals surface area contributed by atoms with Gasteiger partial charge in [-0.1, -0.05) is 84.9 Å². The lowest BCUT2D eigenvalue weighted by molar-refractivity contribution is -0.193. The van der Waals surface area contributed by atoms with Gasteiger partial charge in [-0.3, -0.25) is 19.2 Å². The standard InChI is InChI=1S/C40H35N5O4.3C2HF3O2/c46-37-29-13-5-3-11-27(29)35-33(37)25-9-1-7-15-31(25)39(48)44(35)23-21-42-19-17-41-18-20-43-22-24-45-36-28-12-4-6-14-30(28)38(47)34(36)26-10-2-8-16-32(26)40(45)49;3*3-2(4,5)1(6)7/h1-16,41-43H,17-24H2;3*(H,6,7). The molecule has 0 unspecified atom stereocenters. The number of carbonyl (C=O) groups excluding carboxylic acids is 2. The van der Waals surface area contributed by atoms with Crippen LogP contribution in [0.4, 0.5) is 39.5 Å². The van der Waals surface area contributed by atoms with E-state index in [0.717, 1.165) is 24.2 Å². The zero-order valence-electron chi connectivity index (χ0n) is 35.9. The molecule has 15 nitrogen and oxygen atoms in total. The Hall–Kier alpha value is -7.70. The van der Waals surface area contributed by atoms with Crippen LogP contribution >= 0.6 is 0 Å². The molecule has 0 amide bonds. The summed E-state index contributed by atoms with van der Waals surface area (Å²) in [5.41, 5.74) is 5.37. The molecule has 0 saturated carbocycles. The van der Waals surface area contributed by atoms with Crippen LogP contribution in [0.25, 0.3) is 44.1 Å². The van der Waals surface area contributed by atoms with Gasteiger partial charge >= 0.3 is 36.4 Å². The van der Waals surface area contributed by atoms with Gasteiger partial charge in [-0.2, -0.15) is 39.5 Å². The molecule has 2 heterocycles. The van der Waals surface area contributed by atoms with E-state index in [1.165, 1.54) is 0 Å². The minimum absolute atomic E-state index is 0.0324. The number of ketones is 2. The summed E-state index contributed by atoms with van der Waals surface area (Å²) >= 11 is 0. The summed E-state index contributed by atoms with van der Waals surface area (Å²) in [5.74, 6) is -8.34. The van der Waals surface area contributed by atoms with Crippen molar-refractivity contribution in [1.82, 2.24) is 25.1 Å². The highest BCUT2D eigenvalue weighted by atomic mass is 19.4. The van der Waals surface area contributed by atoms with E-state index in [4.69, 9.17) is 29.7 Å². The molecule has 0 aliphatic heterocycles. The van der Waals surface area contributed by atoms with Crippen LogP contribution in [0.5, 0.6) is 0 Å². The number of halogens is 9. The number of rotatable bonds is 12. The zero-order valence-corrected chi connectivity index (χ0v) is 35.9. The second-order valence-electron chi connectivity index (χ2n) is 14.9. The van der Waals surface area contributed by atoms with Gasteiger partial charge in [-0.15, -0.1) is 0 Å². The molecule has 70 heavy (non-hydrogen) atoms. The van der Waals surface area contributed by atoms with Crippen molar-refractivity contribution in [2.45, 2.75) is 31.6 Å². The molecule has 0 saturated heterocycles. The third-order valence-corrected chi connectivity index (χ3v) is 10.4. The maximum Gasteiger partial charge on any atom is 0.490 e. The Morgan fingerprint density at radius 3 is 0.929 bits per heavy atom. The Morgan fingerprint density at radius 2 is 0.643 bits per heavy atom. The van der Waals surface area contributed by atoms with Crippen molar-refractivity contribution >= 4 is 51.0 Å². The van der Waals surface area contributed by atoms with Crippen LogP contribution in [0.1, 0.15) is 31.8 Å². The second kappa shape index (κ2) is 22.2. The third-order valence-electron chi connectivity index (χ3n) is 10.4. The zero-order chi connectivity index (χ0) is 51.7.